The first kappa shape index (κ1) is 9.95. The summed E-state index contributed by atoms with van der Waals surface area (Å²) in [6.07, 6.45) is 2.25. The Hall–Kier alpha value is -1.05. The van der Waals surface area contributed by atoms with Crippen LogP contribution >= 0.6 is 0 Å². The van der Waals surface area contributed by atoms with Gasteiger partial charge in [-0.05, 0) is 25.5 Å². The van der Waals surface area contributed by atoms with Gasteiger partial charge in [0, 0.05) is 11.9 Å². The van der Waals surface area contributed by atoms with Gasteiger partial charge in [0.1, 0.15) is 6.17 Å². The predicted octanol–water partition coefficient (Wildman–Crippen LogP) is 2.54. The first-order valence-corrected chi connectivity index (χ1v) is 3.46. The molecular weight excluding hydrogens is 141 g/mol. The fraction of sp³-hybridized carbons (Fsp3) is 0.333. The van der Waals surface area contributed by atoms with Crippen LogP contribution in [0.4, 0.5) is 4.39 Å². The first-order chi connectivity index (χ1) is 5.07. The van der Waals surface area contributed by atoms with Gasteiger partial charge in [-0.15, -0.1) is 0 Å². The van der Waals surface area contributed by atoms with Gasteiger partial charge in [-0.1, -0.05) is 13.2 Å². The Balaban J connectivity index is 3.92. The zero-order chi connectivity index (χ0) is 8.85. The van der Waals surface area contributed by atoms with Crippen LogP contribution in [0.1, 0.15) is 13.8 Å². The van der Waals surface area contributed by atoms with Crippen molar-refractivity contribution in [3.05, 3.63) is 36.7 Å². The van der Waals surface area contributed by atoms with Gasteiger partial charge in [-0.3, -0.25) is 0 Å². The van der Waals surface area contributed by atoms with Crippen molar-refractivity contribution in [1.82, 2.24) is 5.32 Å². The summed E-state index contributed by atoms with van der Waals surface area (Å²) in [5.74, 6) is 0. The van der Waals surface area contributed by atoms with Gasteiger partial charge in [-0.25, -0.2) is 4.39 Å². The third-order valence-electron chi connectivity index (χ3n) is 1.36. The molecule has 0 aromatic rings. The van der Waals surface area contributed by atoms with Gasteiger partial charge in [0.25, 0.3) is 0 Å². The van der Waals surface area contributed by atoms with Crippen LogP contribution < -0.4 is 5.32 Å². The van der Waals surface area contributed by atoms with Gasteiger partial charge >= 0.3 is 0 Å². The van der Waals surface area contributed by atoms with Crippen LogP contribution in [-0.2, 0) is 0 Å². The van der Waals surface area contributed by atoms with E-state index in [4.69, 9.17) is 0 Å². The summed E-state index contributed by atoms with van der Waals surface area (Å²) < 4.78 is 12.5. The van der Waals surface area contributed by atoms with E-state index in [9.17, 15) is 4.39 Å². The lowest BCUT2D eigenvalue weighted by Crippen LogP contribution is -2.05. The fourth-order valence-corrected chi connectivity index (χ4v) is 0.380. The second kappa shape index (κ2) is 4.72. The van der Waals surface area contributed by atoms with Crippen LogP contribution in [0, 0.1) is 0 Å². The molecule has 0 bridgehead atoms. The second-order valence-corrected chi connectivity index (χ2v) is 2.38. The van der Waals surface area contributed by atoms with Crippen LogP contribution in [0.2, 0.25) is 0 Å². The molecule has 0 aromatic carbocycles. The third kappa shape index (κ3) is 4.37. The molecule has 11 heavy (non-hydrogen) atoms. The number of rotatable bonds is 4. The standard InChI is InChI=1S/C9H14FN/c1-5-8(3)11-6-7(2)9(4)10/h5-6,9,11H,1,3H2,2,4H3/b7-6-/t9-/m1/s1. The molecule has 0 aliphatic carbocycles. The van der Waals surface area contributed by atoms with E-state index >= 15 is 0 Å². The maximum absolute atomic E-state index is 12.5. The number of allylic oxidation sites excluding steroid dienone is 2. The summed E-state index contributed by atoms with van der Waals surface area (Å²) in [5.41, 5.74) is 1.32. The molecule has 1 atom stereocenters. The SMILES string of the molecule is C=CC(=C)N/C=C(/C)[C@@H](C)F. The van der Waals surface area contributed by atoms with Crippen LogP contribution in [0.15, 0.2) is 36.7 Å². The molecule has 0 saturated carbocycles. The lowest BCUT2D eigenvalue weighted by molar-refractivity contribution is 0.410. The van der Waals surface area contributed by atoms with Crippen molar-refractivity contribution in [3.8, 4) is 0 Å². The zero-order valence-electron chi connectivity index (χ0n) is 7.02. The van der Waals surface area contributed by atoms with E-state index in [1.54, 1.807) is 19.2 Å². The Morgan fingerprint density at radius 2 is 2.18 bits per heavy atom. The minimum atomic E-state index is -0.917. The Morgan fingerprint density at radius 1 is 1.64 bits per heavy atom. The van der Waals surface area contributed by atoms with Crippen molar-refractivity contribution >= 4 is 0 Å². The van der Waals surface area contributed by atoms with Crippen LogP contribution in [0.25, 0.3) is 0 Å². The average Bonchev–Trinajstić information content (AvgIpc) is 1.99. The quantitative estimate of drug-likeness (QED) is 0.615. The Kier molecular flexibility index (Phi) is 4.27. The smallest absolute Gasteiger partial charge is 0.120 e. The molecular formula is C9H14FN. The highest BCUT2D eigenvalue weighted by Gasteiger charge is 1.98. The van der Waals surface area contributed by atoms with Crippen molar-refractivity contribution in [3.63, 3.8) is 0 Å². The topological polar surface area (TPSA) is 12.0 Å². The number of alkyl halides is 1. The molecule has 0 heterocycles. The van der Waals surface area contributed by atoms with Crippen molar-refractivity contribution in [2.24, 2.45) is 0 Å². The normalized spacial score (nSPS) is 13.9. The monoisotopic (exact) mass is 155 g/mol. The average molecular weight is 155 g/mol. The maximum Gasteiger partial charge on any atom is 0.120 e. The number of halogens is 1. The van der Waals surface area contributed by atoms with Crippen molar-refractivity contribution in [2.45, 2.75) is 20.0 Å². The lowest BCUT2D eigenvalue weighted by Gasteiger charge is -2.03. The van der Waals surface area contributed by atoms with E-state index < -0.39 is 6.17 Å². The van der Waals surface area contributed by atoms with E-state index in [0.717, 1.165) is 0 Å². The van der Waals surface area contributed by atoms with Gasteiger partial charge in [0.15, 0.2) is 0 Å². The van der Waals surface area contributed by atoms with Crippen LogP contribution in [0.5, 0.6) is 0 Å². The van der Waals surface area contributed by atoms with Crippen LogP contribution in [0.3, 0.4) is 0 Å². The molecule has 0 unspecified atom stereocenters. The molecule has 0 amide bonds. The molecule has 1 N–H and O–H groups in total. The summed E-state index contributed by atoms with van der Waals surface area (Å²) >= 11 is 0. The van der Waals surface area contributed by atoms with E-state index in [-0.39, 0.29) is 0 Å². The fourth-order valence-electron chi connectivity index (χ4n) is 0.380. The van der Waals surface area contributed by atoms with Gasteiger partial charge < -0.3 is 5.32 Å². The Labute approximate surface area is 67.3 Å². The number of hydrogen-bond acceptors (Lipinski definition) is 1. The van der Waals surface area contributed by atoms with Crippen LogP contribution in [-0.4, -0.2) is 6.17 Å². The molecule has 62 valence electrons. The van der Waals surface area contributed by atoms with E-state index in [2.05, 4.69) is 18.5 Å². The maximum atomic E-state index is 12.5. The van der Waals surface area contributed by atoms with Gasteiger partial charge in [-0.2, -0.15) is 0 Å². The third-order valence-corrected chi connectivity index (χ3v) is 1.36. The minimum Gasteiger partial charge on any atom is -0.362 e. The molecule has 0 spiro atoms. The van der Waals surface area contributed by atoms with Gasteiger partial charge in [0.05, 0.1) is 0 Å². The highest BCUT2D eigenvalue weighted by atomic mass is 19.1. The van der Waals surface area contributed by atoms with Crippen molar-refractivity contribution in [2.75, 3.05) is 0 Å². The highest BCUT2D eigenvalue weighted by molar-refractivity contribution is 5.14. The van der Waals surface area contributed by atoms with Crippen molar-refractivity contribution < 1.29 is 4.39 Å². The van der Waals surface area contributed by atoms with Gasteiger partial charge in [0.2, 0.25) is 0 Å². The predicted molar refractivity (Wildman–Crippen MR) is 46.8 cm³/mol. The number of nitrogens with one attached hydrogen (secondary N) is 1. The largest absolute Gasteiger partial charge is 0.362 e. The van der Waals surface area contributed by atoms with E-state index in [1.807, 2.05) is 0 Å². The lowest BCUT2D eigenvalue weighted by atomic mass is 10.2. The molecule has 2 heteroatoms. The highest BCUT2D eigenvalue weighted by Crippen LogP contribution is 2.02. The molecule has 0 fully saturated rings. The molecule has 0 saturated heterocycles. The first-order valence-electron chi connectivity index (χ1n) is 3.46. The van der Waals surface area contributed by atoms with E-state index in [0.29, 0.717) is 11.3 Å². The summed E-state index contributed by atoms with van der Waals surface area (Å²) in [6.45, 7) is 10.3. The Bertz CT molecular complexity index is 180. The number of hydrogen-bond donors (Lipinski definition) is 1. The molecule has 0 rings (SSSR count). The molecule has 0 aliphatic heterocycles. The van der Waals surface area contributed by atoms with E-state index in [1.165, 1.54) is 6.92 Å². The zero-order valence-corrected chi connectivity index (χ0v) is 7.02. The van der Waals surface area contributed by atoms with Crippen molar-refractivity contribution in [1.29, 1.82) is 0 Å². The molecule has 0 radical (unpaired) electrons. The minimum absolute atomic E-state index is 0.646. The second-order valence-electron chi connectivity index (χ2n) is 2.38. The molecule has 0 aromatic heterocycles. The Morgan fingerprint density at radius 3 is 2.55 bits per heavy atom. The summed E-state index contributed by atoms with van der Waals surface area (Å²) in [4.78, 5) is 0. The molecule has 1 nitrogen and oxygen atoms in total. The summed E-state index contributed by atoms with van der Waals surface area (Å²) in [7, 11) is 0. The summed E-state index contributed by atoms with van der Waals surface area (Å²) in [5, 5.41) is 2.80. The summed E-state index contributed by atoms with van der Waals surface area (Å²) in [6, 6.07) is 0. The molecule has 0 aliphatic rings.